The summed E-state index contributed by atoms with van der Waals surface area (Å²) in [5.74, 6) is -1.13. The lowest BCUT2D eigenvalue weighted by molar-refractivity contribution is 0.134. The van der Waals surface area contributed by atoms with Crippen LogP contribution in [0.15, 0.2) is 17.0 Å². The average molecular weight is 318 g/mol. The van der Waals surface area contributed by atoms with Gasteiger partial charge in [-0.15, -0.1) is 0 Å². The Bertz CT molecular complexity index is 598. The van der Waals surface area contributed by atoms with E-state index in [4.69, 9.17) is 10.5 Å². The minimum atomic E-state index is -3.88. The van der Waals surface area contributed by atoms with Crippen LogP contribution in [0.5, 0.6) is 5.75 Å². The van der Waals surface area contributed by atoms with Crippen LogP contribution in [0.1, 0.15) is 19.3 Å². The topological polar surface area (TPSA) is 102 Å². The summed E-state index contributed by atoms with van der Waals surface area (Å²) in [5.41, 5.74) is 5.49. The first-order valence-electron chi connectivity index (χ1n) is 6.66. The lowest BCUT2D eigenvalue weighted by atomic mass is 10.1. The zero-order valence-electron chi connectivity index (χ0n) is 11.7. The predicted octanol–water partition coefficient (Wildman–Crippen LogP) is 0.856. The Morgan fingerprint density at radius 3 is 2.71 bits per heavy atom. The van der Waals surface area contributed by atoms with Gasteiger partial charge in [-0.1, -0.05) is 6.42 Å². The van der Waals surface area contributed by atoms with E-state index in [-0.39, 0.29) is 28.8 Å². The summed E-state index contributed by atoms with van der Waals surface area (Å²) in [6.45, 7) is 0.122. The van der Waals surface area contributed by atoms with Crippen molar-refractivity contribution in [2.45, 2.75) is 30.3 Å². The van der Waals surface area contributed by atoms with Crippen LogP contribution in [0.4, 0.5) is 10.1 Å². The summed E-state index contributed by atoms with van der Waals surface area (Å²) in [5, 5.41) is 9.68. The van der Waals surface area contributed by atoms with Crippen molar-refractivity contribution in [3.63, 3.8) is 0 Å². The molecule has 6 nitrogen and oxygen atoms in total. The number of rotatable bonds is 5. The largest absolute Gasteiger partial charge is 0.492 e. The fraction of sp³-hybridized carbons (Fsp3) is 0.538. The standard InChI is InChI=1S/C13H19FN2O4S/c1-20-13-10(14)5-9(6-11(13)15)21(18,19)16-7-8-3-2-4-12(8)17/h5-6,8,12,16-17H,2-4,7,15H2,1H3. The second-order valence-corrected chi connectivity index (χ2v) is 6.90. The quantitative estimate of drug-likeness (QED) is 0.699. The number of sulfonamides is 1. The Labute approximate surface area is 123 Å². The van der Waals surface area contributed by atoms with Gasteiger partial charge in [0.2, 0.25) is 10.0 Å². The Balaban J connectivity index is 2.16. The molecule has 2 atom stereocenters. The molecule has 21 heavy (non-hydrogen) atoms. The summed E-state index contributed by atoms with van der Waals surface area (Å²) in [6.07, 6.45) is 1.82. The van der Waals surface area contributed by atoms with Gasteiger partial charge in [0.15, 0.2) is 11.6 Å². The van der Waals surface area contributed by atoms with Crippen molar-refractivity contribution < 1.29 is 22.7 Å². The number of aliphatic hydroxyl groups excluding tert-OH is 1. The maximum atomic E-state index is 13.7. The molecule has 2 unspecified atom stereocenters. The van der Waals surface area contributed by atoms with E-state index in [1.807, 2.05) is 0 Å². The molecule has 1 aromatic rings. The molecule has 1 aliphatic rings. The van der Waals surface area contributed by atoms with Crippen LogP contribution in [0, 0.1) is 11.7 Å². The van der Waals surface area contributed by atoms with Crippen molar-refractivity contribution in [1.82, 2.24) is 4.72 Å². The summed E-state index contributed by atoms with van der Waals surface area (Å²) in [6, 6.07) is 2.01. The Morgan fingerprint density at radius 1 is 1.48 bits per heavy atom. The van der Waals surface area contributed by atoms with Gasteiger partial charge in [0, 0.05) is 6.54 Å². The summed E-state index contributed by atoms with van der Waals surface area (Å²) in [4.78, 5) is -0.259. The van der Waals surface area contributed by atoms with Crippen LogP contribution in [0.25, 0.3) is 0 Å². The van der Waals surface area contributed by atoms with Crippen LogP contribution in [-0.2, 0) is 10.0 Å². The van der Waals surface area contributed by atoms with E-state index in [0.29, 0.717) is 6.42 Å². The highest BCUT2D eigenvalue weighted by Gasteiger charge is 2.27. The van der Waals surface area contributed by atoms with Crippen molar-refractivity contribution in [1.29, 1.82) is 0 Å². The van der Waals surface area contributed by atoms with Gasteiger partial charge in [0.1, 0.15) is 0 Å². The third-order valence-electron chi connectivity index (χ3n) is 3.71. The molecule has 0 radical (unpaired) electrons. The van der Waals surface area contributed by atoms with Crippen LogP contribution < -0.4 is 15.2 Å². The molecule has 0 aliphatic heterocycles. The first-order valence-corrected chi connectivity index (χ1v) is 8.14. The highest BCUT2D eigenvalue weighted by molar-refractivity contribution is 7.89. The number of benzene rings is 1. The maximum Gasteiger partial charge on any atom is 0.240 e. The molecular weight excluding hydrogens is 299 g/mol. The number of nitrogens with two attached hydrogens (primary N) is 1. The molecule has 8 heteroatoms. The van der Waals surface area contributed by atoms with E-state index in [2.05, 4.69) is 4.72 Å². The minimum absolute atomic E-state index is 0.0845. The SMILES string of the molecule is COc1c(N)cc(S(=O)(=O)NCC2CCCC2O)cc1F. The lowest BCUT2D eigenvalue weighted by Gasteiger charge is -2.16. The zero-order chi connectivity index (χ0) is 15.6. The third kappa shape index (κ3) is 3.45. The van der Waals surface area contributed by atoms with E-state index in [0.717, 1.165) is 25.0 Å². The van der Waals surface area contributed by atoms with Crippen molar-refractivity contribution in [3.8, 4) is 5.75 Å². The number of hydrogen-bond acceptors (Lipinski definition) is 5. The van der Waals surface area contributed by atoms with Crippen LogP contribution >= 0.6 is 0 Å². The molecule has 0 amide bonds. The number of halogens is 1. The van der Waals surface area contributed by atoms with E-state index >= 15 is 0 Å². The minimum Gasteiger partial charge on any atom is -0.492 e. The predicted molar refractivity (Wildman–Crippen MR) is 75.9 cm³/mol. The Kier molecular flexibility index (Phi) is 4.70. The molecule has 1 aliphatic carbocycles. The van der Waals surface area contributed by atoms with Crippen molar-refractivity contribution in [2.75, 3.05) is 19.4 Å². The lowest BCUT2D eigenvalue weighted by Crippen LogP contribution is -2.32. The number of anilines is 1. The number of ether oxygens (including phenoxy) is 1. The van der Waals surface area contributed by atoms with Gasteiger partial charge in [-0.05, 0) is 30.9 Å². The van der Waals surface area contributed by atoms with Crippen molar-refractivity contribution in [2.24, 2.45) is 5.92 Å². The normalized spacial score (nSPS) is 22.4. The van der Waals surface area contributed by atoms with E-state index in [9.17, 15) is 17.9 Å². The van der Waals surface area contributed by atoms with E-state index in [1.54, 1.807) is 0 Å². The maximum absolute atomic E-state index is 13.7. The molecule has 118 valence electrons. The molecule has 1 fully saturated rings. The smallest absolute Gasteiger partial charge is 0.240 e. The number of nitrogen functional groups attached to an aromatic ring is 1. The molecule has 4 N–H and O–H groups in total. The first kappa shape index (κ1) is 16.0. The summed E-state index contributed by atoms with van der Waals surface area (Å²) < 4.78 is 45.1. The average Bonchev–Trinajstić information content (AvgIpc) is 2.81. The van der Waals surface area contributed by atoms with Gasteiger partial charge >= 0.3 is 0 Å². The molecule has 1 aromatic carbocycles. The number of aliphatic hydroxyl groups is 1. The fourth-order valence-corrected chi connectivity index (χ4v) is 3.66. The molecule has 0 saturated heterocycles. The second kappa shape index (κ2) is 6.17. The third-order valence-corrected chi connectivity index (χ3v) is 5.12. The van der Waals surface area contributed by atoms with Gasteiger partial charge in [-0.2, -0.15) is 0 Å². The van der Waals surface area contributed by atoms with Crippen molar-refractivity contribution in [3.05, 3.63) is 17.9 Å². The molecule has 1 saturated carbocycles. The zero-order valence-corrected chi connectivity index (χ0v) is 12.5. The number of methoxy groups -OCH3 is 1. The monoisotopic (exact) mass is 318 g/mol. The molecule has 0 spiro atoms. The van der Waals surface area contributed by atoms with Crippen molar-refractivity contribution >= 4 is 15.7 Å². The Hall–Kier alpha value is -1.38. The van der Waals surface area contributed by atoms with Gasteiger partial charge in [-0.3, -0.25) is 0 Å². The van der Waals surface area contributed by atoms with Crippen LogP contribution in [0.3, 0.4) is 0 Å². The van der Waals surface area contributed by atoms with Crippen LogP contribution in [-0.4, -0.2) is 33.3 Å². The number of nitrogens with one attached hydrogen (secondary N) is 1. The molecule has 0 heterocycles. The Morgan fingerprint density at radius 2 is 2.19 bits per heavy atom. The second-order valence-electron chi connectivity index (χ2n) is 5.14. The summed E-state index contributed by atoms with van der Waals surface area (Å²) in [7, 11) is -2.63. The molecular formula is C13H19FN2O4S. The van der Waals surface area contributed by atoms with Gasteiger partial charge in [-0.25, -0.2) is 17.5 Å². The molecule has 0 aromatic heterocycles. The van der Waals surface area contributed by atoms with E-state index < -0.39 is 21.9 Å². The van der Waals surface area contributed by atoms with Gasteiger partial charge < -0.3 is 15.6 Å². The highest BCUT2D eigenvalue weighted by atomic mass is 32.2. The highest BCUT2D eigenvalue weighted by Crippen LogP contribution is 2.29. The van der Waals surface area contributed by atoms with Gasteiger partial charge in [0.25, 0.3) is 0 Å². The van der Waals surface area contributed by atoms with Crippen LogP contribution in [0.2, 0.25) is 0 Å². The van der Waals surface area contributed by atoms with E-state index in [1.165, 1.54) is 7.11 Å². The molecule has 2 rings (SSSR count). The number of hydrogen-bond donors (Lipinski definition) is 3. The molecule has 0 bridgehead atoms. The summed E-state index contributed by atoms with van der Waals surface area (Å²) >= 11 is 0. The first-order chi connectivity index (χ1) is 9.85. The van der Waals surface area contributed by atoms with Gasteiger partial charge in [0.05, 0.1) is 23.8 Å². The fourth-order valence-electron chi connectivity index (χ4n) is 2.51.